The highest BCUT2D eigenvalue weighted by Gasteiger charge is 2.30. The summed E-state index contributed by atoms with van der Waals surface area (Å²) in [6.07, 6.45) is 2.45. The van der Waals surface area contributed by atoms with E-state index in [-0.39, 0.29) is 17.9 Å². The number of hydrogen-bond acceptors (Lipinski definition) is 4. The molecule has 1 aromatic rings. The number of rotatable bonds is 5. The molecule has 1 atom stereocenters. The highest BCUT2D eigenvalue weighted by Crippen LogP contribution is 2.27. The topological polar surface area (TPSA) is 50.8 Å². The lowest BCUT2D eigenvalue weighted by Gasteiger charge is -2.37. The van der Waals surface area contributed by atoms with Crippen molar-refractivity contribution in [1.82, 2.24) is 4.90 Å². The van der Waals surface area contributed by atoms with Gasteiger partial charge in [-0.2, -0.15) is 8.78 Å². The number of hydrogen-bond donors (Lipinski definition) is 1. The van der Waals surface area contributed by atoms with E-state index < -0.39 is 12.2 Å². The number of para-hydroxylation sites is 2. The number of benzene rings is 1. The van der Waals surface area contributed by atoms with Crippen molar-refractivity contribution in [1.29, 1.82) is 0 Å². The lowest BCUT2D eigenvalue weighted by Crippen LogP contribution is -2.48. The zero-order chi connectivity index (χ0) is 18.4. The van der Waals surface area contributed by atoms with Gasteiger partial charge in [-0.05, 0) is 52.2 Å². The molecule has 1 fully saturated rings. The van der Waals surface area contributed by atoms with Crippen molar-refractivity contribution in [3.05, 3.63) is 24.3 Å². The van der Waals surface area contributed by atoms with E-state index in [2.05, 4.69) is 10.1 Å². The molecule has 0 spiro atoms. The second kappa shape index (κ2) is 8.36. The third-order valence-corrected chi connectivity index (χ3v) is 3.89. The molecule has 140 valence electrons. The molecule has 1 unspecified atom stereocenters. The fourth-order valence-corrected chi connectivity index (χ4v) is 2.81. The summed E-state index contributed by atoms with van der Waals surface area (Å²) >= 11 is 0. The average molecular weight is 356 g/mol. The van der Waals surface area contributed by atoms with Crippen molar-refractivity contribution in [3.63, 3.8) is 0 Å². The zero-order valence-electron chi connectivity index (χ0n) is 14.9. The predicted octanol–water partition coefficient (Wildman–Crippen LogP) is 4.49. The van der Waals surface area contributed by atoms with Gasteiger partial charge in [0.15, 0.2) is 0 Å². The number of piperidine rings is 1. The maximum absolute atomic E-state index is 12.5. The average Bonchev–Trinajstić information content (AvgIpc) is 2.52. The number of halogens is 2. The summed E-state index contributed by atoms with van der Waals surface area (Å²) in [5.74, 6) is 0.0946. The Labute approximate surface area is 147 Å². The molecule has 0 aromatic heterocycles. The third kappa shape index (κ3) is 6.07. The van der Waals surface area contributed by atoms with Gasteiger partial charge in [-0.15, -0.1) is 0 Å². The number of amides is 1. The number of alkyl halides is 2. The van der Waals surface area contributed by atoms with Crippen molar-refractivity contribution in [2.45, 2.75) is 58.3 Å². The van der Waals surface area contributed by atoms with Gasteiger partial charge in [0.25, 0.3) is 0 Å². The Hall–Kier alpha value is -2.05. The van der Waals surface area contributed by atoms with Crippen molar-refractivity contribution < 1.29 is 23.0 Å². The summed E-state index contributed by atoms with van der Waals surface area (Å²) in [5, 5.41) is 3.13. The lowest BCUT2D eigenvalue weighted by molar-refractivity contribution is -0.0493. The summed E-state index contributed by atoms with van der Waals surface area (Å²) in [4.78, 5) is 14.1. The van der Waals surface area contributed by atoms with Crippen LogP contribution in [0.3, 0.4) is 0 Å². The van der Waals surface area contributed by atoms with E-state index in [0.29, 0.717) is 18.8 Å². The first kappa shape index (κ1) is 19.3. The Morgan fingerprint density at radius 3 is 2.72 bits per heavy atom. The highest BCUT2D eigenvalue weighted by molar-refractivity contribution is 5.69. The van der Waals surface area contributed by atoms with Gasteiger partial charge >= 0.3 is 12.7 Å². The van der Waals surface area contributed by atoms with Crippen molar-refractivity contribution in [3.8, 4) is 5.75 Å². The molecule has 0 aliphatic carbocycles. The van der Waals surface area contributed by atoms with E-state index >= 15 is 0 Å². The van der Waals surface area contributed by atoms with Crippen LogP contribution < -0.4 is 10.1 Å². The first-order chi connectivity index (χ1) is 11.8. The Morgan fingerprint density at radius 1 is 1.32 bits per heavy atom. The minimum atomic E-state index is -2.88. The van der Waals surface area contributed by atoms with Gasteiger partial charge in [-0.1, -0.05) is 12.1 Å². The Bertz CT molecular complexity index is 576. The molecule has 1 aliphatic rings. The van der Waals surface area contributed by atoms with E-state index in [4.69, 9.17) is 4.74 Å². The molecule has 1 aliphatic heterocycles. The van der Waals surface area contributed by atoms with Crippen LogP contribution in [0.4, 0.5) is 19.3 Å². The first-order valence-corrected chi connectivity index (χ1v) is 8.53. The number of carbonyl (C=O) groups excluding carboxylic acids is 1. The van der Waals surface area contributed by atoms with Gasteiger partial charge in [0.05, 0.1) is 11.7 Å². The molecule has 1 aromatic carbocycles. The maximum atomic E-state index is 12.5. The van der Waals surface area contributed by atoms with E-state index in [9.17, 15) is 13.6 Å². The standard InChI is InChI=1S/C18H26F2N2O3/c1-18(2,3)25-17(23)22-11-7-6-8-13(22)12-21-14-9-4-5-10-15(14)24-16(19)20/h4-5,9-10,13,16,21H,6-8,11-12H2,1-3H3. The molecular weight excluding hydrogens is 330 g/mol. The van der Waals surface area contributed by atoms with Crippen LogP contribution in [0.5, 0.6) is 5.75 Å². The van der Waals surface area contributed by atoms with Gasteiger partial charge in [0.2, 0.25) is 0 Å². The van der Waals surface area contributed by atoms with Crippen LogP contribution >= 0.6 is 0 Å². The van der Waals surface area contributed by atoms with Crippen LogP contribution in [0.1, 0.15) is 40.0 Å². The first-order valence-electron chi connectivity index (χ1n) is 8.53. The van der Waals surface area contributed by atoms with E-state index in [1.54, 1.807) is 23.1 Å². The molecule has 0 saturated carbocycles. The normalized spacial score (nSPS) is 18.2. The Morgan fingerprint density at radius 2 is 2.04 bits per heavy atom. The lowest BCUT2D eigenvalue weighted by atomic mass is 10.0. The van der Waals surface area contributed by atoms with Crippen LogP contribution in [-0.4, -0.2) is 42.3 Å². The number of anilines is 1. The smallest absolute Gasteiger partial charge is 0.410 e. The van der Waals surface area contributed by atoms with Crippen molar-refractivity contribution >= 4 is 11.8 Å². The Balaban J connectivity index is 2.01. The molecule has 1 saturated heterocycles. The van der Waals surface area contributed by atoms with E-state index in [1.165, 1.54) is 6.07 Å². The molecule has 0 radical (unpaired) electrons. The van der Waals surface area contributed by atoms with Crippen LogP contribution in [0.15, 0.2) is 24.3 Å². The van der Waals surface area contributed by atoms with Crippen molar-refractivity contribution in [2.24, 2.45) is 0 Å². The summed E-state index contributed by atoms with van der Waals surface area (Å²) in [6, 6.07) is 6.49. The number of carbonyl (C=O) groups is 1. The fourth-order valence-electron chi connectivity index (χ4n) is 2.81. The Kier molecular flexibility index (Phi) is 6.45. The molecule has 5 nitrogen and oxygen atoms in total. The monoisotopic (exact) mass is 356 g/mol. The molecule has 25 heavy (non-hydrogen) atoms. The highest BCUT2D eigenvalue weighted by atomic mass is 19.3. The van der Waals surface area contributed by atoms with E-state index in [1.807, 2.05) is 20.8 Å². The van der Waals surface area contributed by atoms with Gasteiger partial charge in [-0.3, -0.25) is 0 Å². The van der Waals surface area contributed by atoms with Crippen LogP contribution in [0.25, 0.3) is 0 Å². The van der Waals surface area contributed by atoms with Gasteiger partial charge < -0.3 is 19.7 Å². The second-order valence-electron chi connectivity index (χ2n) is 7.08. The molecule has 1 heterocycles. The maximum Gasteiger partial charge on any atom is 0.410 e. The summed E-state index contributed by atoms with van der Waals surface area (Å²) in [6.45, 7) is 3.70. The van der Waals surface area contributed by atoms with Crippen LogP contribution in [0, 0.1) is 0 Å². The number of nitrogens with one attached hydrogen (secondary N) is 1. The summed E-state index contributed by atoms with van der Waals surface area (Å²) in [5.41, 5.74) is -0.0676. The number of nitrogens with zero attached hydrogens (tertiary/aromatic N) is 1. The molecule has 1 amide bonds. The minimum Gasteiger partial charge on any atom is -0.444 e. The quantitative estimate of drug-likeness (QED) is 0.845. The number of ether oxygens (including phenoxy) is 2. The minimum absolute atomic E-state index is 0.0526. The molecule has 7 heteroatoms. The van der Waals surface area contributed by atoms with Gasteiger partial charge in [0.1, 0.15) is 11.4 Å². The number of likely N-dealkylation sites (tertiary alicyclic amines) is 1. The van der Waals surface area contributed by atoms with Crippen molar-refractivity contribution in [2.75, 3.05) is 18.4 Å². The SMILES string of the molecule is CC(C)(C)OC(=O)N1CCCCC1CNc1ccccc1OC(F)F. The summed E-state index contributed by atoms with van der Waals surface area (Å²) < 4.78 is 35.0. The van der Waals surface area contributed by atoms with E-state index in [0.717, 1.165) is 19.3 Å². The zero-order valence-corrected chi connectivity index (χ0v) is 14.9. The second-order valence-corrected chi connectivity index (χ2v) is 7.08. The molecule has 0 bridgehead atoms. The molecular formula is C18H26F2N2O3. The molecule has 2 rings (SSSR count). The largest absolute Gasteiger partial charge is 0.444 e. The van der Waals surface area contributed by atoms with Gasteiger partial charge in [0, 0.05) is 13.1 Å². The summed E-state index contributed by atoms with van der Waals surface area (Å²) in [7, 11) is 0. The third-order valence-electron chi connectivity index (χ3n) is 3.89. The fraction of sp³-hybridized carbons (Fsp3) is 0.611. The van der Waals surface area contributed by atoms with Gasteiger partial charge in [-0.25, -0.2) is 4.79 Å². The predicted molar refractivity (Wildman–Crippen MR) is 92.1 cm³/mol. The van der Waals surface area contributed by atoms with Crippen LogP contribution in [-0.2, 0) is 4.74 Å². The van der Waals surface area contributed by atoms with Crippen LogP contribution in [0.2, 0.25) is 0 Å². The molecule has 1 N–H and O–H groups in total.